The zero-order chi connectivity index (χ0) is 13.5. The van der Waals surface area contributed by atoms with Gasteiger partial charge in [0.2, 0.25) is 5.91 Å². The topological polar surface area (TPSA) is 118 Å². The number of nitrogens with two attached hydrogens (primary N) is 2. The molecule has 0 aromatic rings. The van der Waals surface area contributed by atoms with Crippen LogP contribution in [0.2, 0.25) is 0 Å². The van der Waals surface area contributed by atoms with Gasteiger partial charge in [-0.15, -0.1) is 0 Å². The number of nitrogens with one attached hydrogen (secondary N) is 1. The first-order chi connectivity index (χ1) is 7.81. The summed E-state index contributed by atoms with van der Waals surface area (Å²) in [6, 6.07) is -0.307. The molecular weight excluding hydrogens is 222 g/mol. The lowest BCUT2D eigenvalue weighted by Crippen LogP contribution is -2.44. The van der Waals surface area contributed by atoms with Crippen LogP contribution in [0.3, 0.4) is 0 Å². The minimum atomic E-state index is -1.16. The minimum absolute atomic E-state index is 0.307. The number of primary amides is 1. The Bertz CT molecular complexity index is 267. The number of carboxylic acid groups (broad SMARTS) is 1. The zero-order valence-corrected chi connectivity index (χ0v) is 10.5. The van der Waals surface area contributed by atoms with Crippen molar-refractivity contribution >= 4 is 11.9 Å². The summed E-state index contributed by atoms with van der Waals surface area (Å²) in [6.07, 6.45) is 3.49. The fraction of sp³-hybridized carbons (Fsp3) is 0.818. The highest BCUT2D eigenvalue weighted by molar-refractivity contribution is 5.79. The number of unbranched alkanes of at least 4 members (excludes halogenated alkanes) is 2. The van der Waals surface area contributed by atoms with Crippen molar-refractivity contribution in [2.24, 2.45) is 11.5 Å². The first-order valence-electron chi connectivity index (χ1n) is 5.80. The molecule has 0 rings (SSSR count). The lowest BCUT2D eigenvalue weighted by molar-refractivity contribution is -0.142. The van der Waals surface area contributed by atoms with Gasteiger partial charge >= 0.3 is 5.97 Å². The highest BCUT2D eigenvalue weighted by Gasteiger charge is 2.26. The Balaban J connectivity index is 3.72. The van der Waals surface area contributed by atoms with Gasteiger partial charge in [-0.3, -0.25) is 9.59 Å². The number of amides is 1. The second-order valence-electron chi connectivity index (χ2n) is 4.57. The third-order valence-electron chi connectivity index (χ3n) is 2.87. The summed E-state index contributed by atoms with van der Waals surface area (Å²) < 4.78 is 0. The Morgan fingerprint density at radius 2 is 1.94 bits per heavy atom. The Hall–Kier alpha value is -1.14. The van der Waals surface area contributed by atoms with Gasteiger partial charge in [-0.2, -0.15) is 0 Å². The Labute approximate surface area is 102 Å². The van der Waals surface area contributed by atoms with Crippen molar-refractivity contribution in [2.75, 3.05) is 7.05 Å². The molecule has 17 heavy (non-hydrogen) atoms. The molecule has 0 bridgehead atoms. The number of hydrogen-bond donors (Lipinski definition) is 4. The number of rotatable bonds is 9. The van der Waals surface area contributed by atoms with Crippen LogP contribution in [0.1, 0.15) is 39.0 Å². The fourth-order valence-corrected chi connectivity index (χ4v) is 1.55. The first kappa shape index (κ1) is 15.9. The van der Waals surface area contributed by atoms with E-state index in [0.717, 1.165) is 19.3 Å². The molecule has 0 heterocycles. The molecule has 6 nitrogen and oxygen atoms in total. The molecule has 1 amide bonds. The van der Waals surface area contributed by atoms with Gasteiger partial charge in [0.25, 0.3) is 0 Å². The predicted octanol–water partition coefficient (Wildman–Crippen LogP) is -0.188. The molecule has 2 atom stereocenters. The van der Waals surface area contributed by atoms with Crippen molar-refractivity contribution in [3.8, 4) is 0 Å². The van der Waals surface area contributed by atoms with Gasteiger partial charge in [0.05, 0.1) is 6.04 Å². The van der Waals surface area contributed by atoms with E-state index in [9.17, 15) is 9.59 Å². The highest BCUT2D eigenvalue weighted by Crippen LogP contribution is 2.13. The number of carboxylic acids is 1. The summed E-state index contributed by atoms with van der Waals surface area (Å²) in [5.74, 6) is -1.34. The molecule has 0 aromatic heterocycles. The zero-order valence-electron chi connectivity index (χ0n) is 10.5. The molecule has 0 aromatic carbocycles. The maximum atomic E-state index is 10.9. The normalized spacial score (nSPS) is 16.2. The molecule has 6 heteroatoms. The Morgan fingerprint density at radius 3 is 2.35 bits per heavy atom. The van der Waals surface area contributed by atoms with Crippen LogP contribution in [0.4, 0.5) is 0 Å². The fourth-order valence-electron chi connectivity index (χ4n) is 1.55. The van der Waals surface area contributed by atoms with E-state index in [-0.39, 0.29) is 11.9 Å². The lowest BCUT2D eigenvalue weighted by Gasteiger charge is -2.18. The molecular formula is C11H23N3O3. The maximum Gasteiger partial charge on any atom is 0.323 e. The smallest absolute Gasteiger partial charge is 0.323 e. The molecule has 100 valence electrons. The minimum Gasteiger partial charge on any atom is -0.480 e. The molecule has 0 radical (unpaired) electrons. The summed E-state index contributed by atoms with van der Waals surface area (Å²) in [6.45, 7) is 1.51. The monoisotopic (exact) mass is 245 g/mol. The Kier molecular flexibility index (Phi) is 6.75. The van der Waals surface area contributed by atoms with E-state index < -0.39 is 11.5 Å². The van der Waals surface area contributed by atoms with Crippen molar-refractivity contribution in [1.29, 1.82) is 0 Å². The van der Waals surface area contributed by atoms with E-state index in [1.807, 2.05) is 0 Å². The van der Waals surface area contributed by atoms with Crippen LogP contribution in [0.15, 0.2) is 0 Å². The van der Waals surface area contributed by atoms with Gasteiger partial charge in [0, 0.05) is 0 Å². The van der Waals surface area contributed by atoms with Crippen LogP contribution in [0.25, 0.3) is 0 Å². The summed E-state index contributed by atoms with van der Waals surface area (Å²) in [7, 11) is 1.69. The van der Waals surface area contributed by atoms with Crippen molar-refractivity contribution < 1.29 is 14.7 Å². The second-order valence-corrected chi connectivity index (χ2v) is 4.57. The van der Waals surface area contributed by atoms with E-state index in [1.165, 1.54) is 6.92 Å². The lowest BCUT2D eigenvalue weighted by atomic mass is 9.95. The Morgan fingerprint density at radius 1 is 1.35 bits per heavy atom. The van der Waals surface area contributed by atoms with Crippen molar-refractivity contribution in [3.63, 3.8) is 0 Å². The van der Waals surface area contributed by atoms with Crippen molar-refractivity contribution in [3.05, 3.63) is 0 Å². The van der Waals surface area contributed by atoms with Crippen LogP contribution in [-0.2, 0) is 9.59 Å². The molecule has 0 aliphatic carbocycles. The van der Waals surface area contributed by atoms with Gasteiger partial charge in [-0.25, -0.2) is 0 Å². The molecule has 0 aliphatic rings. The molecule has 2 unspecified atom stereocenters. The third kappa shape index (κ3) is 6.23. The van der Waals surface area contributed by atoms with E-state index in [4.69, 9.17) is 16.6 Å². The van der Waals surface area contributed by atoms with E-state index in [1.54, 1.807) is 7.05 Å². The van der Waals surface area contributed by atoms with Gasteiger partial charge in [0.1, 0.15) is 5.54 Å². The van der Waals surface area contributed by atoms with Gasteiger partial charge in [-0.05, 0) is 26.8 Å². The molecule has 0 spiro atoms. The number of carbonyl (C=O) groups excluding carboxylic acids is 1. The number of carbonyl (C=O) groups is 2. The van der Waals surface area contributed by atoms with E-state index in [2.05, 4.69) is 5.32 Å². The van der Waals surface area contributed by atoms with Crippen molar-refractivity contribution in [2.45, 2.75) is 50.6 Å². The summed E-state index contributed by atoms with van der Waals surface area (Å²) >= 11 is 0. The predicted molar refractivity (Wildman–Crippen MR) is 65.4 cm³/mol. The van der Waals surface area contributed by atoms with Crippen LogP contribution < -0.4 is 16.8 Å². The third-order valence-corrected chi connectivity index (χ3v) is 2.87. The van der Waals surface area contributed by atoms with Gasteiger partial charge in [-0.1, -0.05) is 19.3 Å². The highest BCUT2D eigenvalue weighted by atomic mass is 16.4. The maximum absolute atomic E-state index is 10.9. The average Bonchev–Trinajstić information content (AvgIpc) is 2.22. The molecule has 0 saturated carbocycles. The number of likely N-dealkylation sites (N-methyl/N-ethyl adjacent to an activating group) is 1. The quantitative estimate of drug-likeness (QED) is 0.420. The van der Waals surface area contributed by atoms with Crippen LogP contribution in [-0.4, -0.2) is 35.6 Å². The standard InChI is InChI=1S/C11H23N3O3/c1-11(13,10(16)17)7-5-3-4-6-8(14-2)9(12)15/h8,14H,3-7,13H2,1-2H3,(H2,12,15)(H,16,17). The van der Waals surface area contributed by atoms with Crippen LogP contribution in [0.5, 0.6) is 0 Å². The second kappa shape index (κ2) is 7.24. The summed E-state index contributed by atoms with van der Waals surface area (Å²) in [4.78, 5) is 21.6. The van der Waals surface area contributed by atoms with Crippen molar-refractivity contribution in [1.82, 2.24) is 5.32 Å². The largest absolute Gasteiger partial charge is 0.480 e. The van der Waals surface area contributed by atoms with E-state index >= 15 is 0 Å². The van der Waals surface area contributed by atoms with Crippen LogP contribution >= 0.6 is 0 Å². The number of hydrogen-bond acceptors (Lipinski definition) is 4. The molecule has 0 fully saturated rings. The molecule has 0 saturated heterocycles. The average molecular weight is 245 g/mol. The van der Waals surface area contributed by atoms with E-state index in [0.29, 0.717) is 12.8 Å². The van der Waals surface area contributed by atoms with Gasteiger partial charge in [0.15, 0.2) is 0 Å². The van der Waals surface area contributed by atoms with Gasteiger partial charge < -0.3 is 21.9 Å². The summed E-state index contributed by atoms with van der Waals surface area (Å²) in [5.41, 5.74) is 9.60. The summed E-state index contributed by atoms with van der Waals surface area (Å²) in [5, 5.41) is 11.6. The SMILES string of the molecule is CNC(CCCCCC(C)(N)C(=O)O)C(N)=O. The first-order valence-corrected chi connectivity index (χ1v) is 5.80. The molecule has 6 N–H and O–H groups in total. The van der Waals surface area contributed by atoms with Crippen LogP contribution in [0, 0.1) is 0 Å². The molecule has 0 aliphatic heterocycles. The number of aliphatic carboxylic acids is 1.